The lowest BCUT2D eigenvalue weighted by Gasteiger charge is -2.38. The smallest absolute Gasteiger partial charge is 0.193 e. The van der Waals surface area contributed by atoms with E-state index in [1.54, 1.807) is 0 Å². The third-order valence-corrected chi connectivity index (χ3v) is 6.65. The molecule has 5 nitrogen and oxygen atoms in total. The summed E-state index contributed by atoms with van der Waals surface area (Å²) in [6.07, 6.45) is 12.3. The zero-order valence-electron chi connectivity index (χ0n) is 17.5. The lowest BCUT2D eigenvalue weighted by Crippen LogP contribution is -2.52. The lowest BCUT2D eigenvalue weighted by atomic mass is 10.0. The van der Waals surface area contributed by atoms with Crippen molar-refractivity contribution in [2.45, 2.75) is 76.9 Å². The molecule has 1 N–H and O–H groups in total. The van der Waals surface area contributed by atoms with E-state index in [-0.39, 0.29) is 24.0 Å². The lowest BCUT2D eigenvalue weighted by molar-refractivity contribution is 0.000951. The SMILES string of the molecule is CCN1CCCCC1CNC(=NC)N1CCC(OCC2CCCC2)CC1.I. The molecule has 0 aromatic heterocycles. The standard InChI is InChI=1S/C21H40N4O.HI/c1-3-24-13-7-6-10-19(24)16-23-21(22-2)25-14-11-20(12-15-25)26-17-18-8-4-5-9-18;/h18-20H,3-17H2,1-2H3,(H,22,23);1H. The second-order valence-electron chi connectivity index (χ2n) is 8.38. The number of aliphatic imine (C=N–C) groups is 1. The molecule has 1 saturated carbocycles. The van der Waals surface area contributed by atoms with E-state index in [1.807, 2.05) is 7.05 Å². The quantitative estimate of drug-likeness (QED) is 0.349. The highest BCUT2D eigenvalue weighted by molar-refractivity contribution is 14.0. The molecule has 2 heterocycles. The van der Waals surface area contributed by atoms with Gasteiger partial charge in [0.25, 0.3) is 0 Å². The summed E-state index contributed by atoms with van der Waals surface area (Å²) < 4.78 is 6.22. The topological polar surface area (TPSA) is 40.1 Å². The number of nitrogens with one attached hydrogen (secondary N) is 1. The number of likely N-dealkylation sites (tertiary alicyclic amines) is 2. The van der Waals surface area contributed by atoms with Gasteiger partial charge in [-0.25, -0.2) is 0 Å². The molecule has 0 bridgehead atoms. The first-order valence-corrected chi connectivity index (χ1v) is 11.1. The number of rotatable bonds is 6. The Morgan fingerprint density at radius 1 is 1.00 bits per heavy atom. The molecule has 2 saturated heterocycles. The Bertz CT molecular complexity index is 434. The van der Waals surface area contributed by atoms with Gasteiger partial charge in [-0.3, -0.25) is 9.89 Å². The molecule has 0 aromatic carbocycles. The van der Waals surface area contributed by atoms with Gasteiger partial charge in [0, 0.05) is 39.3 Å². The monoisotopic (exact) mass is 492 g/mol. The maximum atomic E-state index is 6.22. The van der Waals surface area contributed by atoms with E-state index in [0.29, 0.717) is 12.1 Å². The van der Waals surface area contributed by atoms with Gasteiger partial charge in [-0.05, 0) is 57.5 Å². The van der Waals surface area contributed by atoms with Crippen LogP contribution in [0, 0.1) is 5.92 Å². The Morgan fingerprint density at radius 3 is 2.37 bits per heavy atom. The molecule has 0 radical (unpaired) electrons. The van der Waals surface area contributed by atoms with Crippen LogP contribution in [0.25, 0.3) is 0 Å². The first kappa shape index (κ1) is 23.2. The minimum atomic E-state index is 0. The summed E-state index contributed by atoms with van der Waals surface area (Å²) in [5, 5.41) is 3.66. The van der Waals surface area contributed by atoms with Gasteiger partial charge in [-0.2, -0.15) is 0 Å². The summed E-state index contributed by atoms with van der Waals surface area (Å²) in [7, 11) is 1.92. The van der Waals surface area contributed by atoms with Crippen molar-refractivity contribution in [2.75, 3.05) is 46.4 Å². The van der Waals surface area contributed by atoms with E-state index in [2.05, 4.69) is 27.0 Å². The van der Waals surface area contributed by atoms with Gasteiger partial charge in [-0.15, -0.1) is 24.0 Å². The first-order valence-electron chi connectivity index (χ1n) is 11.1. The average molecular weight is 492 g/mol. The van der Waals surface area contributed by atoms with Crippen molar-refractivity contribution in [3.63, 3.8) is 0 Å². The average Bonchev–Trinajstić information content (AvgIpc) is 3.21. The number of hydrogen-bond donors (Lipinski definition) is 1. The highest BCUT2D eigenvalue weighted by atomic mass is 127. The van der Waals surface area contributed by atoms with Crippen molar-refractivity contribution >= 4 is 29.9 Å². The Labute approximate surface area is 183 Å². The Morgan fingerprint density at radius 2 is 1.70 bits per heavy atom. The fraction of sp³-hybridized carbons (Fsp3) is 0.952. The fourth-order valence-electron chi connectivity index (χ4n) is 4.93. The molecule has 6 heteroatoms. The third-order valence-electron chi connectivity index (χ3n) is 6.65. The van der Waals surface area contributed by atoms with Crippen LogP contribution < -0.4 is 5.32 Å². The largest absolute Gasteiger partial charge is 0.378 e. The maximum Gasteiger partial charge on any atom is 0.193 e. The Balaban J connectivity index is 0.00000261. The number of piperidine rings is 2. The van der Waals surface area contributed by atoms with Crippen LogP contribution in [0.1, 0.15) is 64.7 Å². The van der Waals surface area contributed by atoms with Gasteiger partial charge >= 0.3 is 0 Å². The molecule has 158 valence electrons. The number of ether oxygens (including phenoxy) is 1. The molecule has 27 heavy (non-hydrogen) atoms. The summed E-state index contributed by atoms with van der Waals surface area (Å²) >= 11 is 0. The van der Waals surface area contributed by atoms with Crippen molar-refractivity contribution in [1.82, 2.24) is 15.1 Å². The van der Waals surface area contributed by atoms with Gasteiger partial charge in [0.2, 0.25) is 0 Å². The Hall–Kier alpha value is -0.0800. The highest BCUT2D eigenvalue weighted by Gasteiger charge is 2.25. The van der Waals surface area contributed by atoms with Gasteiger partial charge in [0.15, 0.2) is 5.96 Å². The van der Waals surface area contributed by atoms with E-state index in [0.717, 1.165) is 57.5 Å². The van der Waals surface area contributed by atoms with Gasteiger partial charge in [0.1, 0.15) is 0 Å². The van der Waals surface area contributed by atoms with Crippen molar-refractivity contribution in [2.24, 2.45) is 10.9 Å². The van der Waals surface area contributed by atoms with E-state index < -0.39 is 0 Å². The second-order valence-corrected chi connectivity index (χ2v) is 8.38. The van der Waals surface area contributed by atoms with Crippen LogP contribution in [0.15, 0.2) is 4.99 Å². The van der Waals surface area contributed by atoms with Crippen LogP contribution in [-0.4, -0.2) is 74.3 Å². The summed E-state index contributed by atoms with van der Waals surface area (Å²) in [4.78, 5) is 9.60. The van der Waals surface area contributed by atoms with Crippen molar-refractivity contribution in [3.8, 4) is 0 Å². The summed E-state index contributed by atoms with van der Waals surface area (Å²) in [5.41, 5.74) is 0. The van der Waals surface area contributed by atoms with Crippen molar-refractivity contribution in [1.29, 1.82) is 0 Å². The first-order chi connectivity index (χ1) is 12.8. The minimum Gasteiger partial charge on any atom is -0.378 e. The third kappa shape index (κ3) is 7.03. The predicted octanol–water partition coefficient (Wildman–Crippen LogP) is 3.73. The molecule has 3 fully saturated rings. The van der Waals surface area contributed by atoms with Crippen molar-refractivity contribution < 1.29 is 4.74 Å². The van der Waals surface area contributed by atoms with Crippen LogP contribution in [0.4, 0.5) is 0 Å². The molecule has 1 unspecified atom stereocenters. The maximum absolute atomic E-state index is 6.22. The molecular weight excluding hydrogens is 451 g/mol. The molecule has 0 aromatic rings. The number of guanidine groups is 1. The summed E-state index contributed by atoms with van der Waals surface area (Å²) in [6.45, 7) is 8.85. The second kappa shape index (κ2) is 12.5. The van der Waals surface area contributed by atoms with Crippen LogP contribution in [0.5, 0.6) is 0 Å². The van der Waals surface area contributed by atoms with Gasteiger partial charge < -0.3 is 15.0 Å². The normalized spacial score (nSPS) is 26.2. The van der Waals surface area contributed by atoms with Gasteiger partial charge in [0.05, 0.1) is 6.10 Å². The highest BCUT2D eigenvalue weighted by Crippen LogP contribution is 2.26. The number of nitrogens with zero attached hydrogens (tertiary/aromatic N) is 3. The molecule has 1 atom stereocenters. The van der Waals surface area contributed by atoms with E-state index in [1.165, 1.54) is 51.5 Å². The molecule has 1 aliphatic carbocycles. The van der Waals surface area contributed by atoms with Crippen LogP contribution >= 0.6 is 24.0 Å². The Kier molecular flexibility index (Phi) is 10.7. The van der Waals surface area contributed by atoms with Crippen molar-refractivity contribution in [3.05, 3.63) is 0 Å². The number of likely N-dealkylation sites (N-methyl/N-ethyl adjacent to an activating group) is 1. The molecule has 2 aliphatic heterocycles. The predicted molar refractivity (Wildman–Crippen MR) is 124 cm³/mol. The molecule has 3 rings (SSSR count). The molecular formula is C21H41IN4O. The van der Waals surface area contributed by atoms with Crippen LogP contribution in [0.2, 0.25) is 0 Å². The molecule has 3 aliphatic rings. The summed E-state index contributed by atoms with van der Waals surface area (Å²) in [5.74, 6) is 1.92. The fourth-order valence-corrected chi connectivity index (χ4v) is 4.93. The van der Waals surface area contributed by atoms with Crippen LogP contribution in [0.3, 0.4) is 0 Å². The minimum absolute atomic E-state index is 0. The van der Waals surface area contributed by atoms with E-state index >= 15 is 0 Å². The molecule has 0 amide bonds. The van der Waals surface area contributed by atoms with E-state index in [9.17, 15) is 0 Å². The zero-order valence-corrected chi connectivity index (χ0v) is 19.8. The zero-order chi connectivity index (χ0) is 18.2. The number of hydrogen-bond acceptors (Lipinski definition) is 3. The van der Waals surface area contributed by atoms with Gasteiger partial charge in [-0.1, -0.05) is 26.2 Å². The van der Waals surface area contributed by atoms with E-state index in [4.69, 9.17) is 4.74 Å². The summed E-state index contributed by atoms with van der Waals surface area (Å²) in [6, 6.07) is 0.665. The van der Waals surface area contributed by atoms with Crippen LogP contribution in [-0.2, 0) is 4.74 Å². The number of halogens is 1. The molecule has 0 spiro atoms.